The first-order chi connectivity index (χ1) is 11.6. The van der Waals surface area contributed by atoms with Gasteiger partial charge in [-0.15, -0.1) is 24.8 Å². The summed E-state index contributed by atoms with van der Waals surface area (Å²) >= 11 is 0. The quantitative estimate of drug-likeness (QED) is 0.775. The maximum Gasteiger partial charge on any atom is 0.239 e. The number of piperazine rings is 1. The van der Waals surface area contributed by atoms with Crippen LogP contribution in [-0.2, 0) is 9.53 Å². The van der Waals surface area contributed by atoms with E-state index in [0.29, 0.717) is 5.95 Å². The number of ether oxygens (including phenoxy) is 1. The molecule has 2 aliphatic heterocycles. The van der Waals surface area contributed by atoms with Gasteiger partial charge in [0.2, 0.25) is 11.9 Å². The van der Waals surface area contributed by atoms with Gasteiger partial charge < -0.3 is 24.8 Å². The number of carbonyl (C=O) groups excluding carboxylic acids is 1. The minimum absolute atomic E-state index is 0. The molecule has 2 saturated heterocycles. The minimum Gasteiger partial charge on any atom is -0.380 e. The predicted octanol–water partition coefficient (Wildman–Crippen LogP) is 0.412. The van der Waals surface area contributed by atoms with Crippen molar-refractivity contribution in [2.45, 2.75) is 18.6 Å². The predicted molar refractivity (Wildman–Crippen MR) is 107 cm³/mol. The topological polar surface area (TPSA) is 73.8 Å². The molecule has 1 amide bonds. The van der Waals surface area contributed by atoms with Gasteiger partial charge in [0.15, 0.2) is 0 Å². The van der Waals surface area contributed by atoms with Gasteiger partial charge in [0.25, 0.3) is 0 Å². The highest BCUT2D eigenvalue weighted by Crippen LogP contribution is 2.18. The van der Waals surface area contributed by atoms with E-state index >= 15 is 0 Å². The molecule has 0 aromatic carbocycles. The fraction of sp³-hybridized carbons (Fsp3) is 0.688. The number of rotatable bonds is 4. The van der Waals surface area contributed by atoms with Crippen LogP contribution in [-0.4, -0.2) is 86.8 Å². The highest BCUT2D eigenvalue weighted by atomic mass is 35.5. The average Bonchev–Trinajstić information content (AvgIpc) is 3.10. The van der Waals surface area contributed by atoms with Gasteiger partial charge in [-0.25, -0.2) is 4.98 Å². The molecule has 8 nitrogen and oxygen atoms in total. The molecule has 2 atom stereocenters. The third-order valence-corrected chi connectivity index (χ3v) is 4.67. The first-order valence-electron chi connectivity index (χ1n) is 8.38. The summed E-state index contributed by atoms with van der Waals surface area (Å²) in [7, 11) is 5.55. The van der Waals surface area contributed by atoms with Gasteiger partial charge in [-0.05, 0) is 12.5 Å². The zero-order chi connectivity index (χ0) is 17.1. The van der Waals surface area contributed by atoms with Crippen LogP contribution in [0.2, 0.25) is 0 Å². The highest BCUT2D eigenvalue weighted by molar-refractivity contribution is 5.85. The van der Waals surface area contributed by atoms with Crippen molar-refractivity contribution < 1.29 is 9.53 Å². The number of hydrogen-bond donors (Lipinski definition) is 1. The van der Waals surface area contributed by atoms with Crippen molar-refractivity contribution >= 4 is 42.5 Å². The fourth-order valence-electron chi connectivity index (χ4n) is 3.18. The third-order valence-electron chi connectivity index (χ3n) is 4.67. The summed E-state index contributed by atoms with van der Waals surface area (Å²) in [4.78, 5) is 27.5. The van der Waals surface area contributed by atoms with E-state index in [9.17, 15) is 4.79 Å². The lowest BCUT2D eigenvalue weighted by atomic mass is 10.1. The fourth-order valence-corrected chi connectivity index (χ4v) is 3.18. The van der Waals surface area contributed by atoms with Gasteiger partial charge in [0.05, 0.1) is 12.1 Å². The van der Waals surface area contributed by atoms with Gasteiger partial charge in [0, 0.05) is 60.1 Å². The van der Waals surface area contributed by atoms with E-state index in [1.807, 2.05) is 30.0 Å². The summed E-state index contributed by atoms with van der Waals surface area (Å²) in [5.74, 6) is 1.80. The van der Waals surface area contributed by atoms with Crippen molar-refractivity contribution in [1.29, 1.82) is 0 Å². The zero-order valence-corrected chi connectivity index (χ0v) is 17.1. The zero-order valence-electron chi connectivity index (χ0n) is 15.4. The van der Waals surface area contributed by atoms with Gasteiger partial charge >= 0.3 is 0 Å². The number of methoxy groups -OCH3 is 1. The Morgan fingerprint density at radius 1 is 1.27 bits per heavy atom. The molecule has 3 heterocycles. The van der Waals surface area contributed by atoms with Crippen LogP contribution in [0.3, 0.4) is 0 Å². The summed E-state index contributed by atoms with van der Waals surface area (Å²) in [6.07, 6.45) is 2.68. The Bertz CT molecular complexity index is 584. The second-order valence-corrected chi connectivity index (χ2v) is 6.48. The lowest BCUT2D eigenvalue weighted by Crippen LogP contribution is -2.53. The number of nitrogens with one attached hydrogen (secondary N) is 1. The van der Waals surface area contributed by atoms with E-state index in [1.54, 1.807) is 13.3 Å². The molecule has 0 aliphatic carbocycles. The van der Waals surface area contributed by atoms with Gasteiger partial charge in [-0.3, -0.25) is 4.79 Å². The SMILES string of the molecule is CO[C@@H]1CN[C@H](C(=O)N2CCN(c3ccnc(N(C)C)n3)CC2)C1.Cl.Cl. The molecule has 1 aromatic rings. The van der Waals surface area contributed by atoms with Crippen LogP contribution in [0.5, 0.6) is 0 Å². The van der Waals surface area contributed by atoms with Crippen LogP contribution in [0.1, 0.15) is 6.42 Å². The first-order valence-corrected chi connectivity index (χ1v) is 8.38. The van der Waals surface area contributed by atoms with Gasteiger partial charge in [-0.1, -0.05) is 0 Å². The van der Waals surface area contributed by atoms with E-state index in [0.717, 1.165) is 45.0 Å². The summed E-state index contributed by atoms with van der Waals surface area (Å²) in [6.45, 7) is 3.76. The molecular weight excluding hydrogens is 379 g/mol. The van der Waals surface area contributed by atoms with E-state index in [1.165, 1.54) is 0 Å². The number of anilines is 2. The average molecular weight is 407 g/mol. The maximum absolute atomic E-state index is 12.6. The van der Waals surface area contributed by atoms with Crippen molar-refractivity contribution in [3.05, 3.63) is 12.3 Å². The molecule has 1 N–H and O–H groups in total. The largest absolute Gasteiger partial charge is 0.380 e. The van der Waals surface area contributed by atoms with Crippen LogP contribution >= 0.6 is 24.8 Å². The van der Waals surface area contributed by atoms with Crippen molar-refractivity contribution in [3.63, 3.8) is 0 Å². The van der Waals surface area contributed by atoms with Gasteiger partial charge in [0.1, 0.15) is 5.82 Å². The summed E-state index contributed by atoms with van der Waals surface area (Å²) in [5, 5.41) is 3.26. The number of amides is 1. The van der Waals surface area contributed by atoms with Crippen molar-refractivity contribution in [1.82, 2.24) is 20.2 Å². The Labute approximate surface area is 167 Å². The standard InChI is InChI=1S/C16H26N6O2.2ClH/c1-20(2)16-17-5-4-14(19-16)21-6-8-22(9-7-21)15(23)13-10-12(24-3)11-18-13;;/h4-5,12-13,18H,6-11H2,1-3H3;2*1H/t12-,13-;;/m0../s1. The summed E-state index contributed by atoms with van der Waals surface area (Å²) < 4.78 is 5.32. The Morgan fingerprint density at radius 3 is 2.54 bits per heavy atom. The molecule has 0 saturated carbocycles. The maximum atomic E-state index is 12.6. The Morgan fingerprint density at radius 2 is 1.96 bits per heavy atom. The summed E-state index contributed by atoms with van der Waals surface area (Å²) in [6, 6.07) is 1.81. The second-order valence-electron chi connectivity index (χ2n) is 6.48. The first kappa shape index (κ1) is 22.7. The van der Waals surface area contributed by atoms with E-state index in [2.05, 4.69) is 20.2 Å². The normalized spacial score (nSPS) is 22.4. The number of hydrogen-bond acceptors (Lipinski definition) is 7. The Balaban J connectivity index is 0.00000169. The van der Waals surface area contributed by atoms with E-state index < -0.39 is 0 Å². The lowest BCUT2D eigenvalue weighted by Gasteiger charge is -2.36. The molecule has 0 radical (unpaired) electrons. The van der Waals surface area contributed by atoms with Crippen molar-refractivity contribution in [2.24, 2.45) is 0 Å². The molecular formula is C16H28Cl2N6O2. The molecule has 26 heavy (non-hydrogen) atoms. The van der Waals surface area contributed by atoms with Crippen LogP contribution in [0.4, 0.5) is 11.8 Å². The molecule has 2 fully saturated rings. The second kappa shape index (κ2) is 10.1. The highest BCUT2D eigenvalue weighted by Gasteiger charge is 2.33. The molecule has 0 spiro atoms. The Kier molecular flexibility index (Phi) is 8.82. The number of nitrogens with zero attached hydrogens (tertiary/aromatic N) is 5. The Hall–Kier alpha value is -1.35. The third kappa shape index (κ3) is 5.09. The molecule has 3 rings (SSSR count). The van der Waals surface area contributed by atoms with Gasteiger partial charge in [-0.2, -0.15) is 4.98 Å². The van der Waals surface area contributed by atoms with E-state index in [-0.39, 0.29) is 42.9 Å². The molecule has 0 bridgehead atoms. The van der Waals surface area contributed by atoms with Crippen LogP contribution in [0.25, 0.3) is 0 Å². The van der Waals surface area contributed by atoms with Crippen molar-refractivity contribution in [3.8, 4) is 0 Å². The number of carbonyl (C=O) groups is 1. The lowest BCUT2D eigenvalue weighted by molar-refractivity contribution is -0.133. The summed E-state index contributed by atoms with van der Waals surface area (Å²) in [5.41, 5.74) is 0. The molecule has 2 aliphatic rings. The van der Waals surface area contributed by atoms with Crippen molar-refractivity contribution in [2.75, 3.05) is 63.7 Å². The number of halogens is 2. The molecule has 1 aromatic heterocycles. The number of aromatic nitrogens is 2. The van der Waals surface area contributed by atoms with Crippen LogP contribution in [0, 0.1) is 0 Å². The molecule has 0 unspecified atom stereocenters. The molecule has 10 heteroatoms. The van der Waals surface area contributed by atoms with E-state index in [4.69, 9.17) is 4.74 Å². The smallest absolute Gasteiger partial charge is 0.239 e. The monoisotopic (exact) mass is 406 g/mol. The van der Waals surface area contributed by atoms with Crippen LogP contribution in [0.15, 0.2) is 12.3 Å². The molecule has 148 valence electrons. The van der Waals surface area contributed by atoms with Crippen LogP contribution < -0.4 is 15.1 Å². The minimum atomic E-state index is -0.110.